The van der Waals surface area contributed by atoms with Crippen LogP contribution in [0.2, 0.25) is 0 Å². The standard InChI is InChI=1S/C9H13NO4/c1-14-9-5(7(12)4-10)2-3-6(11)8(9)13/h2-3,7,11-13H,4,10H2,1H3/t7-/m1/s1. The van der Waals surface area contributed by atoms with E-state index in [2.05, 4.69) is 0 Å². The summed E-state index contributed by atoms with van der Waals surface area (Å²) in [6.07, 6.45) is -0.920. The Morgan fingerprint density at radius 3 is 2.57 bits per heavy atom. The molecule has 0 aromatic heterocycles. The zero-order valence-electron chi connectivity index (χ0n) is 7.77. The lowest BCUT2D eigenvalue weighted by Crippen LogP contribution is -2.12. The van der Waals surface area contributed by atoms with Crippen LogP contribution in [0.1, 0.15) is 11.7 Å². The number of hydrogen-bond acceptors (Lipinski definition) is 5. The van der Waals surface area contributed by atoms with Crippen LogP contribution in [-0.2, 0) is 0 Å². The maximum atomic E-state index is 9.46. The van der Waals surface area contributed by atoms with Crippen LogP contribution in [0.4, 0.5) is 0 Å². The first-order valence-corrected chi connectivity index (χ1v) is 4.08. The quantitative estimate of drug-likeness (QED) is 0.518. The molecule has 5 heteroatoms. The number of phenolic OH excluding ortho intramolecular Hbond substituents is 2. The van der Waals surface area contributed by atoms with Crippen LogP contribution in [0.25, 0.3) is 0 Å². The Hall–Kier alpha value is -1.46. The van der Waals surface area contributed by atoms with E-state index in [1.54, 1.807) is 0 Å². The van der Waals surface area contributed by atoms with E-state index in [1.165, 1.54) is 19.2 Å². The molecule has 14 heavy (non-hydrogen) atoms. The second kappa shape index (κ2) is 4.17. The number of rotatable bonds is 3. The molecule has 0 unspecified atom stereocenters. The van der Waals surface area contributed by atoms with Crippen molar-refractivity contribution < 1.29 is 20.1 Å². The largest absolute Gasteiger partial charge is 0.504 e. The van der Waals surface area contributed by atoms with Crippen LogP contribution < -0.4 is 10.5 Å². The second-order valence-corrected chi connectivity index (χ2v) is 2.81. The van der Waals surface area contributed by atoms with Crippen LogP contribution in [0.3, 0.4) is 0 Å². The maximum Gasteiger partial charge on any atom is 0.200 e. The highest BCUT2D eigenvalue weighted by atomic mass is 16.5. The van der Waals surface area contributed by atoms with Gasteiger partial charge in [-0.15, -0.1) is 0 Å². The summed E-state index contributed by atoms with van der Waals surface area (Å²) in [4.78, 5) is 0. The highest BCUT2D eigenvalue weighted by Gasteiger charge is 2.17. The number of nitrogens with two attached hydrogens (primary N) is 1. The molecule has 0 heterocycles. The third-order valence-electron chi connectivity index (χ3n) is 1.93. The SMILES string of the molecule is COc1c([C@H](O)CN)ccc(O)c1O. The third kappa shape index (κ3) is 1.73. The normalized spacial score (nSPS) is 12.5. The predicted molar refractivity (Wildman–Crippen MR) is 50.3 cm³/mol. The molecule has 0 aliphatic carbocycles. The van der Waals surface area contributed by atoms with Gasteiger partial charge in [-0.25, -0.2) is 0 Å². The van der Waals surface area contributed by atoms with Gasteiger partial charge >= 0.3 is 0 Å². The first kappa shape index (κ1) is 10.6. The third-order valence-corrected chi connectivity index (χ3v) is 1.93. The Morgan fingerprint density at radius 2 is 2.07 bits per heavy atom. The monoisotopic (exact) mass is 199 g/mol. The average molecular weight is 199 g/mol. The fourth-order valence-electron chi connectivity index (χ4n) is 1.18. The topological polar surface area (TPSA) is 95.9 Å². The van der Waals surface area contributed by atoms with Crippen molar-refractivity contribution in [2.24, 2.45) is 5.73 Å². The van der Waals surface area contributed by atoms with E-state index < -0.39 is 11.9 Å². The zero-order valence-corrected chi connectivity index (χ0v) is 7.77. The lowest BCUT2D eigenvalue weighted by Gasteiger charge is -2.14. The Bertz CT molecular complexity index is 327. The molecule has 0 radical (unpaired) electrons. The van der Waals surface area contributed by atoms with Crippen LogP contribution >= 0.6 is 0 Å². The highest BCUT2D eigenvalue weighted by Crippen LogP contribution is 2.40. The number of aliphatic hydroxyl groups excluding tert-OH is 1. The first-order chi connectivity index (χ1) is 6.61. The van der Waals surface area contributed by atoms with Crippen molar-refractivity contribution in [3.05, 3.63) is 17.7 Å². The number of hydrogen-bond donors (Lipinski definition) is 4. The van der Waals surface area contributed by atoms with E-state index in [1.807, 2.05) is 0 Å². The van der Waals surface area contributed by atoms with Crippen LogP contribution in [0.5, 0.6) is 17.2 Å². The van der Waals surface area contributed by atoms with Gasteiger partial charge in [0.15, 0.2) is 11.5 Å². The van der Waals surface area contributed by atoms with Crippen molar-refractivity contribution in [1.29, 1.82) is 0 Å². The lowest BCUT2D eigenvalue weighted by molar-refractivity contribution is 0.180. The summed E-state index contributed by atoms with van der Waals surface area (Å²) in [6, 6.07) is 2.72. The van der Waals surface area contributed by atoms with Gasteiger partial charge in [0.05, 0.1) is 13.2 Å². The van der Waals surface area contributed by atoms with Gasteiger partial charge in [0.25, 0.3) is 0 Å². The molecule has 5 nitrogen and oxygen atoms in total. The molecule has 0 spiro atoms. The molecule has 0 amide bonds. The van der Waals surface area contributed by atoms with E-state index in [0.717, 1.165) is 0 Å². The average Bonchev–Trinajstić information content (AvgIpc) is 2.20. The van der Waals surface area contributed by atoms with E-state index in [9.17, 15) is 10.2 Å². The smallest absolute Gasteiger partial charge is 0.200 e. The molecule has 0 saturated heterocycles. The van der Waals surface area contributed by atoms with Crippen LogP contribution in [-0.4, -0.2) is 29.0 Å². The molecule has 0 saturated carbocycles. The van der Waals surface area contributed by atoms with Gasteiger partial charge in [0.1, 0.15) is 0 Å². The molecular weight excluding hydrogens is 186 g/mol. The van der Waals surface area contributed by atoms with Gasteiger partial charge < -0.3 is 25.8 Å². The lowest BCUT2D eigenvalue weighted by atomic mass is 10.1. The Morgan fingerprint density at radius 1 is 1.43 bits per heavy atom. The van der Waals surface area contributed by atoms with E-state index >= 15 is 0 Å². The van der Waals surface area contributed by atoms with Crippen molar-refractivity contribution in [3.63, 3.8) is 0 Å². The summed E-state index contributed by atoms with van der Waals surface area (Å²) < 4.78 is 4.85. The van der Waals surface area contributed by atoms with Gasteiger partial charge in [0, 0.05) is 12.1 Å². The summed E-state index contributed by atoms with van der Waals surface area (Å²) in [5, 5.41) is 28.0. The number of aliphatic hydroxyl groups is 1. The summed E-state index contributed by atoms with van der Waals surface area (Å²) in [5.41, 5.74) is 5.62. The van der Waals surface area contributed by atoms with Crippen molar-refractivity contribution in [2.75, 3.05) is 13.7 Å². The fraction of sp³-hybridized carbons (Fsp3) is 0.333. The molecule has 0 bridgehead atoms. The van der Waals surface area contributed by atoms with Crippen molar-refractivity contribution in [3.8, 4) is 17.2 Å². The molecule has 5 N–H and O–H groups in total. The minimum atomic E-state index is -0.920. The van der Waals surface area contributed by atoms with Crippen molar-refractivity contribution in [2.45, 2.75) is 6.10 Å². The van der Waals surface area contributed by atoms with E-state index in [0.29, 0.717) is 5.56 Å². The molecule has 1 rings (SSSR count). The van der Waals surface area contributed by atoms with Crippen LogP contribution in [0, 0.1) is 0 Å². The summed E-state index contributed by atoms with van der Waals surface area (Å²) in [6.45, 7) is 0.0145. The number of benzene rings is 1. The molecule has 0 fully saturated rings. The minimum absolute atomic E-state index is 0.0145. The predicted octanol–water partition coefficient (Wildman–Crippen LogP) is 0.0985. The molecule has 0 aliphatic rings. The van der Waals surface area contributed by atoms with Crippen LogP contribution in [0.15, 0.2) is 12.1 Å². The molecule has 78 valence electrons. The zero-order chi connectivity index (χ0) is 10.7. The summed E-state index contributed by atoms with van der Waals surface area (Å²) in [5.74, 6) is -0.643. The van der Waals surface area contributed by atoms with Gasteiger partial charge in [-0.05, 0) is 12.1 Å². The summed E-state index contributed by atoms with van der Waals surface area (Å²) in [7, 11) is 1.33. The fourth-order valence-corrected chi connectivity index (χ4v) is 1.18. The molecule has 1 aromatic carbocycles. The maximum absolute atomic E-state index is 9.46. The molecule has 1 atom stereocenters. The van der Waals surface area contributed by atoms with Gasteiger partial charge in [-0.1, -0.05) is 0 Å². The van der Waals surface area contributed by atoms with Crippen molar-refractivity contribution in [1.82, 2.24) is 0 Å². The number of methoxy groups -OCH3 is 1. The minimum Gasteiger partial charge on any atom is -0.504 e. The highest BCUT2D eigenvalue weighted by molar-refractivity contribution is 5.54. The Kier molecular flexibility index (Phi) is 3.16. The van der Waals surface area contributed by atoms with Crippen molar-refractivity contribution >= 4 is 0 Å². The van der Waals surface area contributed by atoms with Gasteiger partial charge in [-0.2, -0.15) is 0 Å². The Balaban J connectivity index is 3.23. The number of ether oxygens (including phenoxy) is 1. The summed E-state index contributed by atoms with van der Waals surface area (Å²) >= 11 is 0. The molecule has 0 aliphatic heterocycles. The molecule has 1 aromatic rings. The first-order valence-electron chi connectivity index (χ1n) is 4.08. The van der Waals surface area contributed by atoms with Gasteiger partial charge in [-0.3, -0.25) is 0 Å². The van der Waals surface area contributed by atoms with E-state index in [-0.39, 0.29) is 18.0 Å². The molecular formula is C9H13NO4. The number of aromatic hydroxyl groups is 2. The Labute approximate surface area is 81.4 Å². The van der Waals surface area contributed by atoms with Gasteiger partial charge in [0.2, 0.25) is 5.75 Å². The second-order valence-electron chi connectivity index (χ2n) is 2.81. The number of phenols is 2. The van der Waals surface area contributed by atoms with E-state index in [4.69, 9.17) is 15.6 Å².